The fourth-order valence-electron chi connectivity index (χ4n) is 2.98. The molecule has 0 fully saturated rings. The summed E-state index contributed by atoms with van der Waals surface area (Å²) in [5.41, 5.74) is 1.99. The molecule has 1 heterocycles. The number of alkyl halides is 3. The number of phenols is 1. The van der Waals surface area contributed by atoms with Crippen LogP contribution < -0.4 is 0 Å². The quantitative estimate of drug-likeness (QED) is 0.829. The van der Waals surface area contributed by atoms with Crippen LogP contribution in [0, 0.1) is 0 Å². The Labute approximate surface area is 143 Å². The first kappa shape index (κ1) is 17.1. The predicted molar refractivity (Wildman–Crippen MR) is 87.9 cm³/mol. The van der Waals surface area contributed by atoms with Crippen LogP contribution in [0.5, 0.6) is 5.75 Å². The monoisotopic (exact) mass is 347 g/mol. The predicted octanol–water partition coefficient (Wildman–Crippen LogP) is 4.15. The molecule has 3 nitrogen and oxygen atoms in total. The van der Waals surface area contributed by atoms with Gasteiger partial charge in [0.15, 0.2) is 0 Å². The number of amides is 1. The van der Waals surface area contributed by atoms with E-state index in [9.17, 15) is 23.1 Å². The van der Waals surface area contributed by atoms with Gasteiger partial charge in [0, 0.05) is 18.7 Å². The molecule has 2 aromatic carbocycles. The number of phenolic OH excluding ortho intramolecular Hbond substituents is 1. The number of nitrogens with zero attached hydrogens (tertiary/aromatic N) is 1. The van der Waals surface area contributed by atoms with Crippen LogP contribution in [0.25, 0.3) is 11.1 Å². The third-order valence-corrected chi connectivity index (χ3v) is 4.34. The summed E-state index contributed by atoms with van der Waals surface area (Å²) < 4.78 is 38.1. The molecule has 0 aromatic heterocycles. The third-order valence-electron chi connectivity index (χ3n) is 4.34. The smallest absolute Gasteiger partial charge is 0.416 e. The number of hydrogen-bond acceptors (Lipinski definition) is 2. The van der Waals surface area contributed by atoms with E-state index >= 15 is 0 Å². The van der Waals surface area contributed by atoms with E-state index in [0.29, 0.717) is 30.6 Å². The molecule has 0 aliphatic carbocycles. The molecule has 1 amide bonds. The van der Waals surface area contributed by atoms with Crippen molar-refractivity contribution in [1.82, 2.24) is 4.90 Å². The summed E-state index contributed by atoms with van der Waals surface area (Å²) in [6.45, 7) is 4.40. The summed E-state index contributed by atoms with van der Waals surface area (Å²) in [6, 6.07) is 8.00. The molecule has 1 N–H and O–H groups in total. The van der Waals surface area contributed by atoms with Crippen molar-refractivity contribution in [2.45, 2.75) is 19.1 Å². The van der Waals surface area contributed by atoms with Crippen molar-refractivity contribution in [2.75, 3.05) is 6.54 Å². The van der Waals surface area contributed by atoms with Crippen molar-refractivity contribution >= 4 is 5.91 Å². The van der Waals surface area contributed by atoms with Crippen LogP contribution in [0.1, 0.15) is 16.7 Å². The van der Waals surface area contributed by atoms with Gasteiger partial charge in [-0.3, -0.25) is 4.79 Å². The van der Waals surface area contributed by atoms with Gasteiger partial charge in [0.2, 0.25) is 5.91 Å². The maximum atomic E-state index is 12.7. The molecule has 0 radical (unpaired) electrons. The molecule has 0 unspecified atom stereocenters. The lowest BCUT2D eigenvalue weighted by Gasteiger charge is -2.28. The Kier molecular flexibility index (Phi) is 4.29. The van der Waals surface area contributed by atoms with Crippen LogP contribution in [-0.2, 0) is 23.9 Å². The van der Waals surface area contributed by atoms with Gasteiger partial charge in [0.1, 0.15) is 5.75 Å². The van der Waals surface area contributed by atoms with Crippen molar-refractivity contribution in [3.8, 4) is 16.9 Å². The van der Waals surface area contributed by atoms with E-state index in [0.717, 1.165) is 23.3 Å². The zero-order chi connectivity index (χ0) is 18.2. The zero-order valence-corrected chi connectivity index (χ0v) is 13.3. The minimum absolute atomic E-state index is 0.0157. The summed E-state index contributed by atoms with van der Waals surface area (Å²) in [6.07, 6.45) is -2.54. The lowest BCUT2D eigenvalue weighted by molar-refractivity contribution is -0.137. The van der Waals surface area contributed by atoms with Gasteiger partial charge in [0.05, 0.1) is 5.56 Å². The van der Waals surface area contributed by atoms with E-state index in [4.69, 9.17) is 0 Å². The van der Waals surface area contributed by atoms with Crippen molar-refractivity contribution < 1.29 is 23.1 Å². The first-order valence-corrected chi connectivity index (χ1v) is 7.73. The molecular formula is C19H16F3NO2. The van der Waals surface area contributed by atoms with Gasteiger partial charge in [-0.05, 0) is 53.5 Å². The summed E-state index contributed by atoms with van der Waals surface area (Å²) in [7, 11) is 0. The number of fused-ring (bicyclic) bond motifs is 1. The zero-order valence-electron chi connectivity index (χ0n) is 13.3. The summed E-state index contributed by atoms with van der Waals surface area (Å²) in [5, 5.41) is 10.3. The van der Waals surface area contributed by atoms with Gasteiger partial charge in [-0.15, -0.1) is 0 Å². The number of halogens is 3. The molecule has 25 heavy (non-hydrogen) atoms. The maximum absolute atomic E-state index is 12.7. The molecule has 0 atom stereocenters. The molecule has 0 saturated carbocycles. The molecule has 0 spiro atoms. The van der Waals surface area contributed by atoms with E-state index in [1.807, 2.05) is 0 Å². The highest BCUT2D eigenvalue weighted by Gasteiger charge is 2.30. The average molecular weight is 347 g/mol. The first-order chi connectivity index (χ1) is 11.8. The van der Waals surface area contributed by atoms with Crippen molar-refractivity contribution in [3.05, 3.63) is 65.7 Å². The van der Waals surface area contributed by atoms with E-state index in [1.165, 1.54) is 18.2 Å². The minimum Gasteiger partial charge on any atom is -0.507 e. The minimum atomic E-state index is -4.40. The Morgan fingerprint density at radius 2 is 1.84 bits per heavy atom. The SMILES string of the molecule is C=CC(=O)N1CCc2cc(O)c(-c3ccc(C(F)(F)F)cc3)cc2C1. The Morgan fingerprint density at radius 3 is 2.44 bits per heavy atom. The molecule has 1 aliphatic heterocycles. The highest BCUT2D eigenvalue weighted by molar-refractivity contribution is 5.87. The Balaban J connectivity index is 1.96. The Morgan fingerprint density at radius 1 is 1.16 bits per heavy atom. The van der Waals surface area contributed by atoms with Crippen molar-refractivity contribution in [2.24, 2.45) is 0 Å². The second-order valence-corrected chi connectivity index (χ2v) is 5.93. The van der Waals surface area contributed by atoms with E-state index in [1.54, 1.807) is 17.0 Å². The van der Waals surface area contributed by atoms with Gasteiger partial charge >= 0.3 is 6.18 Å². The number of carbonyl (C=O) groups excluding carboxylic acids is 1. The molecule has 0 bridgehead atoms. The summed E-state index contributed by atoms with van der Waals surface area (Å²) in [4.78, 5) is 13.4. The first-order valence-electron chi connectivity index (χ1n) is 7.73. The standard InChI is InChI=1S/C19H16F3NO2/c1-2-18(25)23-8-7-13-10-17(24)16(9-14(13)11-23)12-3-5-15(6-4-12)19(20,21)22/h2-6,9-10,24H,1,7-8,11H2. The summed E-state index contributed by atoms with van der Waals surface area (Å²) >= 11 is 0. The Bertz CT molecular complexity index is 826. The largest absolute Gasteiger partial charge is 0.507 e. The number of benzene rings is 2. The topological polar surface area (TPSA) is 40.5 Å². The fourth-order valence-corrected chi connectivity index (χ4v) is 2.98. The van der Waals surface area contributed by atoms with Crippen LogP contribution in [0.4, 0.5) is 13.2 Å². The molecule has 2 aromatic rings. The molecule has 130 valence electrons. The van der Waals surface area contributed by atoms with Crippen molar-refractivity contribution in [1.29, 1.82) is 0 Å². The van der Waals surface area contributed by atoms with Crippen molar-refractivity contribution in [3.63, 3.8) is 0 Å². The lowest BCUT2D eigenvalue weighted by Crippen LogP contribution is -2.34. The van der Waals surface area contributed by atoms with E-state index in [-0.39, 0.29) is 11.7 Å². The van der Waals surface area contributed by atoms with Crippen LogP contribution >= 0.6 is 0 Å². The van der Waals surface area contributed by atoms with Gasteiger partial charge in [-0.2, -0.15) is 13.2 Å². The number of carbonyl (C=O) groups is 1. The van der Waals surface area contributed by atoms with Gasteiger partial charge < -0.3 is 10.0 Å². The molecule has 6 heteroatoms. The van der Waals surface area contributed by atoms with Gasteiger partial charge in [-0.1, -0.05) is 18.7 Å². The van der Waals surface area contributed by atoms with Crippen LogP contribution in [0.3, 0.4) is 0 Å². The van der Waals surface area contributed by atoms with E-state index < -0.39 is 11.7 Å². The Hall–Kier alpha value is -2.76. The second kappa shape index (κ2) is 6.27. The van der Waals surface area contributed by atoms with Crippen LogP contribution in [-0.4, -0.2) is 22.5 Å². The fraction of sp³-hybridized carbons (Fsp3) is 0.211. The number of aromatic hydroxyl groups is 1. The van der Waals surface area contributed by atoms with Gasteiger partial charge in [-0.25, -0.2) is 0 Å². The summed E-state index contributed by atoms with van der Waals surface area (Å²) in [5.74, 6) is -0.156. The maximum Gasteiger partial charge on any atom is 0.416 e. The lowest BCUT2D eigenvalue weighted by atomic mass is 9.93. The average Bonchev–Trinajstić information content (AvgIpc) is 2.59. The van der Waals surface area contributed by atoms with Crippen LogP contribution in [0.15, 0.2) is 49.1 Å². The molecule has 3 rings (SSSR count). The van der Waals surface area contributed by atoms with E-state index in [2.05, 4.69) is 6.58 Å². The third kappa shape index (κ3) is 3.38. The second-order valence-electron chi connectivity index (χ2n) is 5.93. The number of rotatable bonds is 2. The number of hydrogen-bond donors (Lipinski definition) is 1. The van der Waals surface area contributed by atoms with Crippen LogP contribution in [0.2, 0.25) is 0 Å². The molecular weight excluding hydrogens is 331 g/mol. The normalized spacial score (nSPS) is 14.1. The highest BCUT2D eigenvalue weighted by Crippen LogP contribution is 2.36. The van der Waals surface area contributed by atoms with Gasteiger partial charge in [0.25, 0.3) is 0 Å². The molecule has 1 aliphatic rings. The highest BCUT2D eigenvalue weighted by atomic mass is 19.4. The molecule has 0 saturated heterocycles.